The highest BCUT2D eigenvalue weighted by Gasteiger charge is 2.90. The Balaban J connectivity index is 1.52. The molecule has 38 heavy (non-hydrogen) atoms. The fourth-order valence-electron chi connectivity index (χ4n) is 9.52. The fourth-order valence-corrected chi connectivity index (χ4v) is 9.52. The molecule has 0 amide bonds. The molecule has 11 heteroatoms. The van der Waals surface area contributed by atoms with Gasteiger partial charge in [0.15, 0.2) is 6.10 Å². The highest BCUT2D eigenvalue weighted by atomic mass is 16.7. The van der Waals surface area contributed by atoms with Gasteiger partial charge in [0, 0.05) is 40.7 Å². The number of hydrogen-bond donors (Lipinski definition) is 2. The molecule has 11 unspecified atom stereocenters. The maximum absolute atomic E-state index is 14.3. The third-order valence-corrected chi connectivity index (χ3v) is 11.0. The van der Waals surface area contributed by atoms with Crippen molar-refractivity contribution in [2.45, 2.75) is 95.8 Å². The lowest BCUT2D eigenvalue weighted by Crippen LogP contribution is -2.75. The zero-order valence-electron chi connectivity index (χ0n) is 22.3. The zero-order chi connectivity index (χ0) is 27.8. The third-order valence-electron chi connectivity index (χ3n) is 11.0. The first-order valence-corrected chi connectivity index (χ1v) is 13.0. The third kappa shape index (κ3) is 2.73. The van der Waals surface area contributed by atoms with Crippen LogP contribution >= 0.6 is 0 Å². The van der Waals surface area contributed by atoms with Crippen LogP contribution in [-0.2, 0) is 42.9 Å². The molecule has 208 valence electrons. The molecule has 11 atom stereocenters. The molecule has 0 bridgehead atoms. The molecule has 3 saturated heterocycles. The molecule has 11 nitrogen and oxygen atoms in total. The monoisotopic (exact) mass is 534 g/mol. The van der Waals surface area contributed by atoms with E-state index in [2.05, 4.69) is 0 Å². The summed E-state index contributed by atoms with van der Waals surface area (Å²) in [4.78, 5) is 51.9. The van der Waals surface area contributed by atoms with Gasteiger partial charge in [-0.3, -0.25) is 9.59 Å². The van der Waals surface area contributed by atoms with Gasteiger partial charge < -0.3 is 33.9 Å². The second-order valence-corrected chi connectivity index (χ2v) is 12.9. The van der Waals surface area contributed by atoms with E-state index in [-0.39, 0.29) is 36.5 Å². The minimum absolute atomic E-state index is 0.0426. The van der Waals surface area contributed by atoms with Crippen LogP contribution in [0.1, 0.15) is 53.9 Å². The molecule has 4 aliphatic heterocycles. The first-order chi connectivity index (χ1) is 17.6. The van der Waals surface area contributed by atoms with Crippen LogP contribution in [-0.4, -0.2) is 82.9 Å². The largest absolute Gasteiger partial charge is 0.469 e. The number of epoxide rings is 1. The highest BCUT2D eigenvalue weighted by Crippen LogP contribution is 2.78. The van der Waals surface area contributed by atoms with Crippen molar-refractivity contribution >= 4 is 23.7 Å². The van der Waals surface area contributed by atoms with Crippen LogP contribution in [0.25, 0.3) is 0 Å². The Bertz CT molecular complexity index is 1190. The Morgan fingerprint density at radius 2 is 1.74 bits per heavy atom. The summed E-state index contributed by atoms with van der Waals surface area (Å²) in [5.74, 6) is -3.17. The first kappa shape index (κ1) is 25.9. The van der Waals surface area contributed by atoms with Crippen LogP contribution in [0.15, 0.2) is 11.6 Å². The number of aliphatic hydroxyl groups is 2. The molecule has 0 aromatic rings. The summed E-state index contributed by atoms with van der Waals surface area (Å²) >= 11 is 0. The molecule has 0 aromatic heterocycles. The van der Waals surface area contributed by atoms with E-state index in [1.54, 1.807) is 13.8 Å². The Hall–Kier alpha value is -2.34. The van der Waals surface area contributed by atoms with Gasteiger partial charge in [0.2, 0.25) is 6.29 Å². The lowest BCUT2D eigenvalue weighted by Gasteiger charge is -2.65. The second kappa shape index (κ2) is 7.44. The van der Waals surface area contributed by atoms with Crippen molar-refractivity contribution in [1.29, 1.82) is 0 Å². The zero-order valence-corrected chi connectivity index (χ0v) is 22.3. The van der Waals surface area contributed by atoms with Crippen molar-refractivity contribution < 1.29 is 53.1 Å². The number of rotatable bonds is 3. The van der Waals surface area contributed by atoms with E-state index in [4.69, 9.17) is 23.7 Å². The standard InChI is InChI=1S/C27H34O11/c1-23(2)13-8-14(29)26(5)18(25(13,4)15(37-23)9-16(30)34-6)12(28)10-24(3)19(11-7-17(31)35-21(11)32)36-22(33)20-27(24,26)38-20/h7,12-13,15,18-21,28,32H,8-10H2,1-6H3. The molecule has 5 fully saturated rings. The highest BCUT2D eigenvalue weighted by molar-refractivity contribution is 5.94. The lowest BCUT2D eigenvalue weighted by molar-refractivity contribution is -0.234. The van der Waals surface area contributed by atoms with E-state index in [1.165, 1.54) is 7.11 Å². The topological polar surface area (TPSA) is 158 Å². The smallest absolute Gasteiger partial charge is 0.339 e. The van der Waals surface area contributed by atoms with Crippen LogP contribution in [0.5, 0.6) is 0 Å². The average molecular weight is 535 g/mol. The minimum atomic E-state index is -1.62. The molecule has 2 saturated carbocycles. The molecule has 4 heterocycles. The van der Waals surface area contributed by atoms with E-state index >= 15 is 0 Å². The van der Waals surface area contributed by atoms with Gasteiger partial charge in [-0.05, 0) is 27.2 Å². The van der Waals surface area contributed by atoms with Crippen molar-refractivity contribution in [1.82, 2.24) is 0 Å². The van der Waals surface area contributed by atoms with Crippen LogP contribution in [0.4, 0.5) is 0 Å². The normalized spacial score (nSPS) is 52.1. The van der Waals surface area contributed by atoms with Crippen molar-refractivity contribution in [3.05, 3.63) is 11.6 Å². The number of fused-ring (bicyclic) bond motifs is 3. The van der Waals surface area contributed by atoms with Crippen LogP contribution in [0.3, 0.4) is 0 Å². The summed E-state index contributed by atoms with van der Waals surface area (Å²) in [6.07, 6.45) is -4.42. The second-order valence-electron chi connectivity index (χ2n) is 12.9. The van der Waals surface area contributed by atoms with Crippen LogP contribution < -0.4 is 0 Å². The molecular formula is C27H34O11. The molecule has 6 rings (SSSR count). The average Bonchev–Trinajstić information content (AvgIpc) is 3.47. The Morgan fingerprint density at radius 3 is 2.34 bits per heavy atom. The van der Waals surface area contributed by atoms with Gasteiger partial charge in [0.05, 0.1) is 36.8 Å². The maximum atomic E-state index is 14.3. The number of cyclic esters (lactones) is 2. The van der Waals surface area contributed by atoms with Gasteiger partial charge in [-0.15, -0.1) is 0 Å². The summed E-state index contributed by atoms with van der Waals surface area (Å²) in [5.41, 5.74) is -5.49. The molecule has 6 aliphatic rings. The van der Waals surface area contributed by atoms with Crippen molar-refractivity contribution in [2.24, 2.45) is 28.1 Å². The van der Waals surface area contributed by atoms with Gasteiger partial charge in [0.1, 0.15) is 17.5 Å². The molecule has 2 aliphatic carbocycles. The number of carbonyl (C=O) groups is 4. The van der Waals surface area contributed by atoms with Gasteiger partial charge in [0.25, 0.3) is 0 Å². The Kier molecular flexibility index (Phi) is 5.07. The number of carbonyl (C=O) groups excluding carboxylic acids is 4. The first-order valence-electron chi connectivity index (χ1n) is 13.0. The number of methoxy groups -OCH3 is 1. The van der Waals surface area contributed by atoms with Crippen LogP contribution in [0, 0.1) is 28.1 Å². The molecule has 0 aromatic carbocycles. The quantitative estimate of drug-likeness (QED) is 0.296. The van der Waals surface area contributed by atoms with Gasteiger partial charge in [-0.1, -0.05) is 13.8 Å². The predicted octanol–water partition coefficient (Wildman–Crippen LogP) is 0.580. The molecule has 0 radical (unpaired) electrons. The van der Waals surface area contributed by atoms with Crippen LogP contribution in [0.2, 0.25) is 0 Å². The lowest BCUT2D eigenvalue weighted by atomic mass is 9.36. The molecule has 1 spiro atoms. The number of ether oxygens (including phenoxy) is 5. The SMILES string of the molecule is COC(=O)CC1OC(C)(C)C2CC(=O)C3(C)C(C(O)CC4(C)C(C5=CC(=O)OC5O)OC(=O)C5OC543)C12C. The Morgan fingerprint density at radius 1 is 1.05 bits per heavy atom. The summed E-state index contributed by atoms with van der Waals surface area (Å²) in [5, 5.41) is 22.4. The van der Waals surface area contributed by atoms with E-state index < -0.39 is 82.0 Å². The fraction of sp³-hybridized carbons (Fsp3) is 0.778. The summed E-state index contributed by atoms with van der Waals surface area (Å²) < 4.78 is 28.2. The maximum Gasteiger partial charge on any atom is 0.339 e. The van der Waals surface area contributed by atoms with Gasteiger partial charge in [-0.25, -0.2) is 9.59 Å². The summed E-state index contributed by atoms with van der Waals surface area (Å²) in [6.45, 7) is 9.21. The van der Waals surface area contributed by atoms with E-state index in [9.17, 15) is 29.4 Å². The minimum Gasteiger partial charge on any atom is -0.469 e. The summed E-state index contributed by atoms with van der Waals surface area (Å²) in [7, 11) is 1.30. The summed E-state index contributed by atoms with van der Waals surface area (Å²) in [6, 6.07) is 0. The van der Waals surface area contributed by atoms with E-state index in [0.717, 1.165) is 6.08 Å². The number of Topliss-reactive ketones (excluding diaryl/α,β-unsaturated/α-hetero) is 1. The van der Waals surface area contributed by atoms with Gasteiger partial charge >= 0.3 is 17.9 Å². The van der Waals surface area contributed by atoms with Crippen molar-refractivity contribution in [2.75, 3.05) is 7.11 Å². The van der Waals surface area contributed by atoms with E-state index in [0.29, 0.717) is 0 Å². The number of ketones is 1. The van der Waals surface area contributed by atoms with E-state index in [1.807, 2.05) is 20.8 Å². The number of hydrogen-bond acceptors (Lipinski definition) is 11. The van der Waals surface area contributed by atoms with Gasteiger partial charge in [-0.2, -0.15) is 0 Å². The predicted molar refractivity (Wildman–Crippen MR) is 125 cm³/mol. The van der Waals surface area contributed by atoms with Crippen molar-refractivity contribution in [3.8, 4) is 0 Å². The number of esters is 3. The molecular weight excluding hydrogens is 500 g/mol. The number of aliphatic hydroxyl groups excluding tert-OH is 2. The molecule has 2 N–H and O–H groups in total. The Labute approximate surface area is 219 Å². The van der Waals surface area contributed by atoms with Crippen molar-refractivity contribution in [3.63, 3.8) is 0 Å².